The number of esters is 1. The van der Waals surface area contributed by atoms with E-state index in [1.165, 1.54) is 6.07 Å². The number of nitrogens with one attached hydrogen (secondary N) is 1. The van der Waals surface area contributed by atoms with Gasteiger partial charge in [0.05, 0.1) is 23.8 Å². The van der Waals surface area contributed by atoms with Gasteiger partial charge in [-0.1, -0.05) is 30.3 Å². The number of aromatic nitrogens is 2. The van der Waals surface area contributed by atoms with Crippen molar-refractivity contribution in [1.82, 2.24) is 15.3 Å². The first kappa shape index (κ1) is 23.2. The van der Waals surface area contributed by atoms with Crippen LogP contribution in [0.5, 0.6) is 0 Å². The summed E-state index contributed by atoms with van der Waals surface area (Å²) in [6, 6.07) is 10.5. The van der Waals surface area contributed by atoms with Crippen LogP contribution in [0.2, 0.25) is 0 Å². The third-order valence-corrected chi connectivity index (χ3v) is 5.59. The molecular weight excluding hydrogens is 444 g/mol. The molecule has 0 saturated carbocycles. The fourth-order valence-corrected chi connectivity index (χ4v) is 3.96. The molecule has 2 heterocycles. The monoisotopic (exact) mass is 465 g/mol. The zero-order valence-corrected chi connectivity index (χ0v) is 18.3. The number of benzene rings is 2. The molecule has 1 aromatic heterocycles. The summed E-state index contributed by atoms with van der Waals surface area (Å²) in [4.78, 5) is 44.6. The van der Waals surface area contributed by atoms with E-state index in [9.17, 15) is 23.2 Å². The van der Waals surface area contributed by atoms with E-state index in [-0.39, 0.29) is 47.6 Å². The van der Waals surface area contributed by atoms with Crippen LogP contribution in [0.4, 0.5) is 8.78 Å². The van der Waals surface area contributed by atoms with E-state index in [4.69, 9.17) is 4.74 Å². The molecule has 1 amide bonds. The number of aldehydes is 1. The Balaban J connectivity index is 1.78. The molecule has 1 aliphatic heterocycles. The highest BCUT2D eigenvalue weighted by Crippen LogP contribution is 2.27. The van der Waals surface area contributed by atoms with Crippen LogP contribution in [0.15, 0.2) is 42.5 Å². The second-order valence-corrected chi connectivity index (χ2v) is 7.74. The highest BCUT2D eigenvalue weighted by atomic mass is 19.1. The second kappa shape index (κ2) is 9.86. The van der Waals surface area contributed by atoms with Crippen LogP contribution >= 0.6 is 0 Å². The van der Waals surface area contributed by atoms with Crippen molar-refractivity contribution >= 4 is 18.2 Å². The van der Waals surface area contributed by atoms with Gasteiger partial charge in [-0.05, 0) is 36.6 Å². The van der Waals surface area contributed by atoms with Crippen LogP contribution in [-0.2, 0) is 16.0 Å². The van der Waals surface area contributed by atoms with E-state index in [0.29, 0.717) is 24.8 Å². The summed E-state index contributed by atoms with van der Waals surface area (Å²) < 4.78 is 33.9. The molecule has 1 aliphatic rings. The molecule has 0 spiro atoms. The van der Waals surface area contributed by atoms with Crippen molar-refractivity contribution in [2.45, 2.75) is 25.7 Å². The number of amides is 1. The molecule has 0 bridgehead atoms. The molecule has 2 aromatic carbocycles. The third kappa shape index (κ3) is 4.54. The van der Waals surface area contributed by atoms with Gasteiger partial charge in [0.1, 0.15) is 22.9 Å². The van der Waals surface area contributed by atoms with Crippen molar-refractivity contribution < 1.29 is 27.9 Å². The van der Waals surface area contributed by atoms with Crippen LogP contribution in [0, 0.1) is 11.6 Å². The fraction of sp³-hybridized carbons (Fsp3) is 0.240. The van der Waals surface area contributed by atoms with E-state index in [0.717, 1.165) is 17.7 Å². The molecule has 34 heavy (non-hydrogen) atoms. The van der Waals surface area contributed by atoms with Crippen LogP contribution in [0.1, 0.15) is 56.9 Å². The van der Waals surface area contributed by atoms with Gasteiger partial charge in [0.25, 0.3) is 0 Å². The molecule has 1 atom stereocenters. The van der Waals surface area contributed by atoms with Crippen molar-refractivity contribution in [3.8, 4) is 11.4 Å². The largest absolute Gasteiger partial charge is 0.462 e. The van der Waals surface area contributed by atoms with Gasteiger partial charge in [0.2, 0.25) is 5.91 Å². The number of ether oxygens (including phenoxy) is 1. The van der Waals surface area contributed by atoms with Crippen molar-refractivity contribution in [1.29, 1.82) is 0 Å². The van der Waals surface area contributed by atoms with Crippen LogP contribution in [-0.4, -0.2) is 41.3 Å². The Hall–Kier alpha value is -4.01. The number of carbonyl (C=O) groups is 3. The molecule has 1 N–H and O–H groups in total. The normalized spacial score (nSPS) is 15.1. The van der Waals surface area contributed by atoms with E-state index in [1.54, 1.807) is 19.1 Å². The Kier molecular flexibility index (Phi) is 6.72. The first-order chi connectivity index (χ1) is 16.4. The Bertz CT molecular complexity index is 1240. The van der Waals surface area contributed by atoms with E-state index < -0.39 is 23.2 Å². The molecule has 1 saturated heterocycles. The molecule has 0 radical (unpaired) electrons. The van der Waals surface area contributed by atoms with Crippen molar-refractivity contribution in [3.05, 3.63) is 82.2 Å². The maximum atomic E-state index is 14.4. The van der Waals surface area contributed by atoms with Crippen molar-refractivity contribution in [2.24, 2.45) is 0 Å². The third-order valence-electron chi connectivity index (χ3n) is 5.59. The fourth-order valence-electron chi connectivity index (χ4n) is 3.96. The van der Waals surface area contributed by atoms with Gasteiger partial charge in [-0.15, -0.1) is 0 Å². The summed E-state index contributed by atoms with van der Waals surface area (Å²) in [5.74, 6) is -3.20. The van der Waals surface area contributed by atoms with Gasteiger partial charge in [-0.2, -0.15) is 0 Å². The van der Waals surface area contributed by atoms with E-state index >= 15 is 0 Å². The average Bonchev–Trinajstić information content (AvgIpc) is 3.25. The lowest BCUT2D eigenvalue weighted by molar-refractivity contribution is -0.120. The molecule has 7 nitrogen and oxygen atoms in total. The molecule has 9 heteroatoms. The number of hydrogen-bond acceptors (Lipinski definition) is 6. The molecule has 174 valence electrons. The highest BCUT2D eigenvalue weighted by Gasteiger charge is 2.27. The molecule has 0 aliphatic carbocycles. The first-order valence-electron chi connectivity index (χ1n) is 10.8. The van der Waals surface area contributed by atoms with E-state index in [1.807, 2.05) is 12.1 Å². The molecule has 1 fully saturated rings. The van der Waals surface area contributed by atoms with Crippen LogP contribution < -0.4 is 5.32 Å². The minimum atomic E-state index is -0.897. The lowest BCUT2D eigenvalue weighted by atomic mass is 9.95. The predicted octanol–water partition coefficient (Wildman–Crippen LogP) is 3.61. The summed E-state index contributed by atoms with van der Waals surface area (Å²) in [5.41, 5.74) is 0.694. The summed E-state index contributed by atoms with van der Waals surface area (Å²) in [6.07, 6.45) is 1.11. The van der Waals surface area contributed by atoms with E-state index in [2.05, 4.69) is 15.3 Å². The molecule has 4 rings (SSSR count). The standard InChI is InChI=1S/C25H21F2N3O4/c1-2-34-25(33)22-19(12-14-6-8-15(9-7-14)16-10-11-28-24(16)32)29-23(30-20(22)13-31)21-17(26)4-3-5-18(21)27/h3-9,13,16H,2,10-12H2,1H3,(H,28,32). The molecule has 1 unspecified atom stereocenters. The predicted molar refractivity (Wildman–Crippen MR) is 118 cm³/mol. The Morgan fingerprint density at radius 3 is 2.44 bits per heavy atom. The Labute approximate surface area is 194 Å². The van der Waals surface area contributed by atoms with Gasteiger partial charge >= 0.3 is 5.97 Å². The highest BCUT2D eigenvalue weighted by molar-refractivity contribution is 5.98. The summed E-state index contributed by atoms with van der Waals surface area (Å²) in [7, 11) is 0. The maximum absolute atomic E-state index is 14.4. The smallest absolute Gasteiger partial charge is 0.342 e. The van der Waals surface area contributed by atoms with Gasteiger partial charge in [-0.3, -0.25) is 9.59 Å². The minimum absolute atomic E-state index is 0.0275. The van der Waals surface area contributed by atoms with Gasteiger partial charge in [0, 0.05) is 13.0 Å². The Morgan fingerprint density at radius 2 is 1.85 bits per heavy atom. The zero-order chi connectivity index (χ0) is 24.2. The topological polar surface area (TPSA) is 98.2 Å². The average molecular weight is 465 g/mol. The van der Waals surface area contributed by atoms with Gasteiger partial charge < -0.3 is 10.1 Å². The lowest BCUT2D eigenvalue weighted by Gasteiger charge is -2.14. The number of nitrogens with zero attached hydrogens (tertiary/aromatic N) is 2. The van der Waals surface area contributed by atoms with Crippen molar-refractivity contribution in [2.75, 3.05) is 13.2 Å². The molecular formula is C25H21F2N3O4. The number of halogens is 2. The number of rotatable bonds is 7. The number of hydrogen-bond donors (Lipinski definition) is 1. The van der Waals surface area contributed by atoms with Crippen molar-refractivity contribution in [3.63, 3.8) is 0 Å². The van der Waals surface area contributed by atoms with Gasteiger partial charge in [-0.25, -0.2) is 23.5 Å². The number of carbonyl (C=O) groups excluding carboxylic acids is 3. The lowest BCUT2D eigenvalue weighted by Crippen LogP contribution is -2.18. The van der Waals surface area contributed by atoms with Gasteiger partial charge in [0.15, 0.2) is 12.1 Å². The summed E-state index contributed by atoms with van der Waals surface area (Å²) in [6.45, 7) is 2.29. The zero-order valence-electron chi connectivity index (χ0n) is 18.3. The summed E-state index contributed by atoms with van der Waals surface area (Å²) in [5, 5.41) is 2.80. The van der Waals surface area contributed by atoms with Crippen LogP contribution in [0.3, 0.4) is 0 Å². The molecule has 3 aromatic rings. The summed E-state index contributed by atoms with van der Waals surface area (Å²) >= 11 is 0. The SMILES string of the molecule is CCOC(=O)c1c(C=O)nc(-c2c(F)cccc2F)nc1Cc1ccc(C2CCNC2=O)cc1. The quantitative estimate of drug-likeness (QED) is 0.423. The second-order valence-electron chi connectivity index (χ2n) is 7.74. The van der Waals surface area contributed by atoms with Crippen LogP contribution in [0.25, 0.3) is 11.4 Å². The maximum Gasteiger partial charge on any atom is 0.342 e. The first-order valence-corrected chi connectivity index (χ1v) is 10.8. The Morgan fingerprint density at radius 1 is 1.15 bits per heavy atom. The minimum Gasteiger partial charge on any atom is -0.462 e.